The third-order valence-corrected chi connectivity index (χ3v) is 5.56. The molecule has 0 spiro atoms. The molecular weight excluding hydrogens is 290 g/mol. The molecule has 5 nitrogen and oxygen atoms in total. The normalized spacial score (nSPS) is 23.3. The molecule has 0 unspecified atom stereocenters. The Balaban J connectivity index is 2.39. The summed E-state index contributed by atoms with van der Waals surface area (Å²) in [5.41, 5.74) is 0.260. The molecule has 0 amide bonds. The van der Waals surface area contributed by atoms with E-state index in [1.807, 2.05) is 0 Å². The summed E-state index contributed by atoms with van der Waals surface area (Å²) >= 11 is 0. The number of carbonyl (C=O) groups excluding carboxylic acids is 1. The van der Waals surface area contributed by atoms with Gasteiger partial charge in [0.1, 0.15) is 11.9 Å². The summed E-state index contributed by atoms with van der Waals surface area (Å²) in [5.74, 6) is -0.970. The molecule has 0 aliphatic heterocycles. The summed E-state index contributed by atoms with van der Waals surface area (Å²) < 4.78 is 28.4. The van der Waals surface area contributed by atoms with Crippen LogP contribution in [-0.4, -0.2) is 32.0 Å². The summed E-state index contributed by atoms with van der Waals surface area (Å²) in [6.45, 7) is 6.64. The second-order valence-electron chi connectivity index (χ2n) is 6.83. The zero-order chi connectivity index (χ0) is 16.1. The van der Waals surface area contributed by atoms with Gasteiger partial charge in [-0.3, -0.25) is 4.79 Å². The average molecular weight is 315 g/mol. The monoisotopic (exact) mass is 315 g/mol. The number of carbonyl (C=O) groups is 1. The minimum atomic E-state index is -3.52. The van der Waals surface area contributed by atoms with Crippen molar-refractivity contribution >= 4 is 15.8 Å². The van der Waals surface area contributed by atoms with E-state index in [1.54, 1.807) is 6.07 Å². The number of sulfone groups is 1. The van der Waals surface area contributed by atoms with Crippen LogP contribution in [0.2, 0.25) is 0 Å². The molecule has 0 aromatic rings. The van der Waals surface area contributed by atoms with Crippen LogP contribution in [0.1, 0.15) is 52.9 Å². The molecule has 1 fully saturated rings. The van der Waals surface area contributed by atoms with Gasteiger partial charge in [-0.25, -0.2) is 8.42 Å². The van der Waals surface area contributed by atoms with Crippen LogP contribution >= 0.6 is 0 Å². The largest absolute Gasteiger partial charge is 0.462 e. The van der Waals surface area contributed by atoms with E-state index in [2.05, 4.69) is 20.8 Å². The Labute approximate surface area is 127 Å². The fourth-order valence-corrected chi connectivity index (χ4v) is 3.69. The lowest BCUT2D eigenvalue weighted by atomic mass is 9.72. The predicted molar refractivity (Wildman–Crippen MR) is 80.2 cm³/mol. The number of esters is 1. The van der Waals surface area contributed by atoms with Gasteiger partial charge in [0.2, 0.25) is 0 Å². The van der Waals surface area contributed by atoms with Crippen molar-refractivity contribution in [1.82, 2.24) is 0 Å². The SMILES string of the molecule is CC(C)(C)C1CCC(OC(=O)CS(=O)(=O)CCC#N)CC1. The Bertz CT molecular complexity index is 491. The fourth-order valence-electron chi connectivity index (χ4n) is 2.72. The van der Waals surface area contributed by atoms with E-state index >= 15 is 0 Å². The zero-order valence-corrected chi connectivity index (χ0v) is 13.9. The van der Waals surface area contributed by atoms with Gasteiger partial charge < -0.3 is 4.74 Å². The molecular formula is C15H25NO4S. The lowest BCUT2D eigenvalue weighted by molar-refractivity contribution is -0.148. The quantitative estimate of drug-likeness (QED) is 0.728. The maximum Gasteiger partial charge on any atom is 0.321 e. The minimum absolute atomic E-state index is 0.0910. The molecule has 0 radical (unpaired) electrons. The van der Waals surface area contributed by atoms with Gasteiger partial charge in [0.05, 0.1) is 11.8 Å². The Morgan fingerprint density at radius 3 is 2.29 bits per heavy atom. The molecule has 0 atom stereocenters. The topological polar surface area (TPSA) is 84.2 Å². The smallest absolute Gasteiger partial charge is 0.321 e. The average Bonchev–Trinajstić information content (AvgIpc) is 2.35. The standard InChI is InChI=1S/C15H25NO4S/c1-15(2,3)12-5-7-13(8-6-12)20-14(17)11-21(18,19)10-4-9-16/h12-13H,4-8,10-11H2,1-3H3. The summed E-state index contributed by atoms with van der Waals surface area (Å²) in [6, 6.07) is 1.77. The van der Waals surface area contributed by atoms with E-state index in [4.69, 9.17) is 10.00 Å². The number of nitrogens with zero attached hydrogens (tertiary/aromatic N) is 1. The first kappa shape index (κ1) is 18.0. The van der Waals surface area contributed by atoms with Crippen LogP contribution in [-0.2, 0) is 19.4 Å². The summed E-state index contributed by atoms with van der Waals surface area (Å²) in [7, 11) is -3.52. The van der Waals surface area contributed by atoms with E-state index in [1.165, 1.54) is 0 Å². The van der Waals surface area contributed by atoms with Crippen molar-refractivity contribution in [2.45, 2.75) is 59.0 Å². The van der Waals surface area contributed by atoms with Gasteiger partial charge in [-0.15, -0.1) is 0 Å². The number of hydrogen-bond donors (Lipinski definition) is 0. The van der Waals surface area contributed by atoms with Crippen molar-refractivity contribution in [1.29, 1.82) is 5.26 Å². The van der Waals surface area contributed by atoms with Crippen molar-refractivity contribution < 1.29 is 17.9 Å². The molecule has 1 saturated carbocycles. The molecule has 120 valence electrons. The molecule has 21 heavy (non-hydrogen) atoms. The van der Waals surface area contributed by atoms with E-state index < -0.39 is 21.6 Å². The second kappa shape index (κ2) is 7.26. The Morgan fingerprint density at radius 2 is 1.81 bits per heavy atom. The number of ether oxygens (including phenoxy) is 1. The number of rotatable bonds is 5. The van der Waals surface area contributed by atoms with Gasteiger partial charge in [-0.2, -0.15) is 5.26 Å². The summed E-state index contributed by atoms with van der Waals surface area (Å²) in [6.07, 6.45) is 3.34. The van der Waals surface area contributed by atoms with Crippen LogP contribution in [0.4, 0.5) is 0 Å². The highest BCUT2D eigenvalue weighted by atomic mass is 32.2. The number of hydrogen-bond acceptors (Lipinski definition) is 5. The highest BCUT2D eigenvalue weighted by Gasteiger charge is 2.31. The predicted octanol–water partition coefficient (Wildman–Crippen LogP) is 2.46. The van der Waals surface area contributed by atoms with Crippen LogP contribution in [0.3, 0.4) is 0 Å². The summed E-state index contributed by atoms with van der Waals surface area (Å²) in [5, 5.41) is 8.38. The van der Waals surface area contributed by atoms with E-state index in [0.29, 0.717) is 5.92 Å². The molecule has 0 N–H and O–H groups in total. The third kappa shape index (κ3) is 6.47. The first-order valence-corrected chi connectivity index (χ1v) is 9.23. The molecule has 0 bridgehead atoms. The van der Waals surface area contributed by atoms with E-state index in [9.17, 15) is 13.2 Å². The molecule has 0 saturated heterocycles. The van der Waals surface area contributed by atoms with Crippen molar-refractivity contribution in [3.8, 4) is 6.07 Å². The molecule has 0 aromatic carbocycles. The maximum absolute atomic E-state index is 11.7. The molecule has 0 aromatic heterocycles. The van der Waals surface area contributed by atoms with Crippen LogP contribution in [0, 0.1) is 22.7 Å². The van der Waals surface area contributed by atoms with E-state index in [0.717, 1.165) is 25.7 Å². The van der Waals surface area contributed by atoms with Gasteiger partial charge in [0, 0.05) is 6.42 Å². The van der Waals surface area contributed by atoms with Crippen molar-refractivity contribution in [2.24, 2.45) is 11.3 Å². The van der Waals surface area contributed by atoms with Crippen LogP contribution in [0.25, 0.3) is 0 Å². The van der Waals surface area contributed by atoms with Gasteiger partial charge in [-0.05, 0) is 37.0 Å². The molecule has 1 rings (SSSR count). The van der Waals surface area contributed by atoms with Crippen LogP contribution in [0.15, 0.2) is 0 Å². The van der Waals surface area contributed by atoms with Crippen LogP contribution in [0.5, 0.6) is 0 Å². The highest BCUT2D eigenvalue weighted by molar-refractivity contribution is 7.92. The zero-order valence-electron chi connectivity index (χ0n) is 13.1. The Hall–Kier alpha value is -1.09. The molecule has 6 heteroatoms. The fraction of sp³-hybridized carbons (Fsp3) is 0.867. The van der Waals surface area contributed by atoms with Crippen molar-refractivity contribution in [2.75, 3.05) is 11.5 Å². The second-order valence-corrected chi connectivity index (χ2v) is 9.01. The third-order valence-electron chi connectivity index (χ3n) is 4.06. The van der Waals surface area contributed by atoms with Crippen LogP contribution < -0.4 is 0 Å². The number of nitriles is 1. The first-order valence-electron chi connectivity index (χ1n) is 7.41. The minimum Gasteiger partial charge on any atom is -0.462 e. The molecule has 0 heterocycles. The van der Waals surface area contributed by atoms with Crippen molar-refractivity contribution in [3.63, 3.8) is 0 Å². The van der Waals surface area contributed by atoms with Gasteiger partial charge in [0.25, 0.3) is 0 Å². The lowest BCUT2D eigenvalue weighted by Gasteiger charge is -2.36. The van der Waals surface area contributed by atoms with Gasteiger partial charge >= 0.3 is 5.97 Å². The molecule has 1 aliphatic carbocycles. The van der Waals surface area contributed by atoms with E-state index in [-0.39, 0.29) is 23.7 Å². The van der Waals surface area contributed by atoms with Gasteiger partial charge in [-0.1, -0.05) is 20.8 Å². The summed E-state index contributed by atoms with van der Waals surface area (Å²) in [4.78, 5) is 11.7. The first-order chi connectivity index (χ1) is 9.64. The van der Waals surface area contributed by atoms with Crippen molar-refractivity contribution in [3.05, 3.63) is 0 Å². The maximum atomic E-state index is 11.7. The Morgan fingerprint density at radius 1 is 1.24 bits per heavy atom. The highest BCUT2D eigenvalue weighted by Crippen LogP contribution is 2.38. The van der Waals surface area contributed by atoms with Gasteiger partial charge in [0.15, 0.2) is 9.84 Å². The lowest BCUT2D eigenvalue weighted by Crippen LogP contribution is -2.32. The molecule has 1 aliphatic rings. The Kier molecular flexibility index (Phi) is 6.21.